The third-order valence-corrected chi connectivity index (χ3v) is 2.18. The zero-order valence-corrected chi connectivity index (χ0v) is 10.1. The molecule has 0 spiro atoms. The number of hydrogen-bond acceptors (Lipinski definition) is 1. The molecule has 0 aromatic heterocycles. The second-order valence-corrected chi connectivity index (χ2v) is 2.90. The van der Waals surface area contributed by atoms with Crippen molar-refractivity contribution < 1.29 is 24.0 Å². The standard InChI is InChI=1S/C9H11OS.HI/c1-10-8-6-4-3-5-7-9(8)11-2;/h3-7H,1-2H3;1H/q+1;/p-1. The van der Waals surface area contributed by atoms with E-state index in [0.717, 1.165) is 10.3 Å². The SMILES string of the molecule is C[O+]=c1cccccc1SC.[I-]. The molecule has 1 rings (SSSR count). The number of hydrogen-bond donors (Lipinski definition) is 0. The van der Waals surface area contributed by atoms with E-state index in [9.17, 15) is 0 Å². The quantitative estimate of drug-likeness (QED) is 0.365. The Morgan fingerprint density at radius 2 is 1.83 bits per heavy atom. The second-order valence-electron chi connectivity index (χ2n) is 2.05. The van der Waals surface area contributed by atoms with Gasteiger partial charge in [-0.05, 0) is 12.3 Å². The van der Waals surface area contributed by atoms with Crippen LogP contribution in [0.1, 0.15) is 0 Å². The zero-order valence-electron chi connectivity index (χ0n) is 7.08. The first kappa shape index (κ1) is 12.0. The normalized spacial score (nSPS) is 10.7. The minimum absolute atomic E-state index is 0. The predicted octanol–water partition coefficient (Wildman–Crippen LogP) is -1.06. The summed E-state index contributed by atoms with van der Waals surface area (Å²) in [5.74, 6) is 0. The Labute approximate surface area is 93.9 Å². The van der Waals surface area contributed by atoms with E-state index in [1.165, 1.54) is 0 Å². The van der Waals surface area contributed by atoms with Crippen molar-refractivity contribution in [2.75, 3.05) is 13.4 Å². The van der Waals surface area contributed by atoms with Crippen LogP contribution in [0.2, 0.25) is 0 Å². The van der Waals surface area contributed by atoms with Crippen molar-refractivity contribution in [1.29, 1.82) is 0 Å². The van der Waals surface area contributed by atoms with Gasteiger partial charge >= 0.3 is 5.43 Å². The molecule has 0 N–H and O–H groups in total. The number of rotatable bonds is 1. The Kier molecular flexibility index (Phi) is 6.47. The molecule has 0 heterocycles. The van der Waals surface area contributed by atoms with Crippen LogP contribution in [0.25, 0.3) is 0 Å². The number of thioether (sulfide) groups is 1. The van der Waals surface area contributed by atoms with E-state index >= 15 is 0 Å². The van der Waals surface area contributed by atoms with Gasteiger partial charge in [-0.2, -0.15) is 0 Å². The van der Waals surface area contributed by atoms with E-state index < -0.39 is 0 Å². The second kappa shape index (κ2) is 6.48. The van der Waals surface area contributed by atoms with E-state index in [-0.39, 0.29) is 24.0 Å². The van der Waals surface area contributed by atoms with E-state index in [1.807, 2.05) is 36.6 Å². The maximum Gasteiger partial charge on any atom is 0.356 e. The average Bonchev–Trinajstić information content (AvgIpc) is 2.27. The van der Waals surface area contributed by atoms with Gasteiger partial charge in [-0.1, -0.05) is 18.2 Å². The molecule has 0 aliphatic heterocycles. The molecule has 1 aromatic carbocycles. The zero-order chi connectivity index (χ0) is 8.10. The predicted molar refractivity (Wildman–Crippen MR) is 50.4 cm³/mol. The van der Waals surface area contributed by atoms with Crippen molar-refractivity contribution in [2.45, 2.75) is 4.90 Å². The van der Waals surface area contributed by atoms with Gasteiger partial charge in [-0.25, -0.2) is 0 Å². The van der Waals surface area contributed by atoms with Gasteiger partial charge in [0.25, 0.3) is 7.11 Å². The lowest BCUT2D eigenvalue weighted by atomic mass is 10.5. The Bertz CT molecular complexity index is 298. The highest BCUT2D eigenvalue weighted by Gasteiger charge is 1.97. The van der Waals surface area contributed by atoms with Gasteiger partial charge in [0.1, 0.15) is 4.90 Å². The molecule has 3 heteroatoms. The van der Waals surface area contributed by atoms with Crippen molar-refractivity contribution in [3.8, 4) is 0 Å². The molecule has 1 aromatic rings. The first-order valence-electron chi connectivity index (χ1n) is 3.39. The minimum atomic E-state index is 0. The summed E-state index contributed by atoms with van der Waals surface area (Å²) in [7, 11) is 1.69. The smallest absolute Gasteiger partial charge is 0.356 e. The molecule has 66 valence electrons. The molecule has 0 bridgehead atoms. The highest BCUT2D eigenvalue weighted by Crippen LogP contribution is 2.06. The average molecular weight is 294 g/mol. The van der Waals surface area contributed by atoms with E-state index in [4.69, 9.17) is 4.42 Å². The van der Waals surface area contributed by atoms with Crippen LogP contribution in [-0.2, 0) is 0 Å². The molecule has 12 heavy (non-hydrogen) atoms. The molecular weight excluding hydrogens is 283 g/mol. The van der Waals surface area contributed by atoms with Crippen molar-refractivity contribution in [3.63, 3.8) is 0 Å². The van der Waals surface area contributed by atoms with Crippen LogP contribution in [0.3, 0.4) is 0 Å². The maximum atomic E-state index is 5.18. The number of halogens is 1. The highest BCUT2D eigenvalue weighted by molar-refractivity contribution is 7.98. The van der Waals surface area contributed by atoms with Crippen LogP contribution >= 0.6 is 11.8 Å². The summed E-state index contributed by atoms with van der Waals surface area (Å²) in [6.07, 6.45) is 2.04. The summed E-state index contributed by atoms with van der Waals surface area (Å²) in [5.41, 5.74) is 0.933. The monoisotopic (exact) mass is 294 g/mol. The van der Waals surface area contributed by atoms with Crippen LogP contribution < -0.4 is 29.4 Å². The van der Waals surface area contributed by atoms with Crippen LogP contribution in [0.15, 0.2) is 39.7 Å². The Morgan fingerprint density at radius 3 is 2.42 bits per heavy atom. The fraction of sp³-hybridized carbons (Fsp3) is 0.222. The molecule has 0 saturated heterocycles. The third kappa shape index (κ3) is 3.15. The first-order chi connectivity index (χ1) is 5.38. The summed E-state index contributed by atoms with van der Waals surface area (Å²) < 4.78 is 5.18. The lowest BCUT2D eigenvalue weighted by molar-refractivity contribution is -0.00000229. The highest BCUT2D eigenvalue weighted by atomic mass is 127. The third-order valence-electron chi connectivity index (χ3n) is 1.40. The molecule has 0 unspecified atom stereocenters. The maximum absolute atomic E-state index is 5.18. The van der Waals surface area contributed by atoms with Gasteiger partial charge < -0.3 is 24.0 Å². The van der Waals surface area contributed by atoms with E-state index in [2.05, 4.69) is 0 Å². The van der Waals surface area contributed by atoms with Gasteiger partial charge in [-0.15, -0.1) is 11.8 Å². The van der Waals surface area contributed by atoms with Crippen LogP contribution in [-0.4, -0.2) is 13.4 Å². The fourth-order valence-corrected chi connectivity index (χ4v) is 1.42. The molecule has 0 atom stereocenters. The molecule has 0 aliphatic rings. The van der Waals surface area contributed by atoms with Crippen molar-refractivity contribution in [2.24, 2.45) is 0 Å². The van der Waals surface area contributed by atoms with Gasteiger partial charge in [-0.3, -0.25) is 4.42 Å². The lowest BCUT2D eigenvalue weighted by Crippen LogP contribution is -3.00. The minimum Gasteiger partial charge on any atom is -1.00 e. The Morgan fingerprint density at radius 1 is 1.17 bits per heavy atom. The van der Waals surface area contributed by atoms with Crippen LogP contribution in [0.4, 0.5) is 0 Å². The molecule has 0 saturated carbocycles. The molecule has 0 fully saturated rings. The van der Waals surface area contributed by atoms with Crippen molar-refractivity contribution in [1.82, 2.24) is 0 Å². The van der Waals surface area contributed by atoms with Gasteiger partial charge in [0.15, 0.2) is 0 Å². The van der Waals surface area contributed by atoms with Gasteiger partial charge in [0, 0.05) is 6.07 Å². The fourth-order valence-electron chi connectivity index (χ4n) is 0.852. The van der Waals surface area contributed by atoms with E-state index in [0.29, 0.717) is 0 Å². The topological polar surface area (TPSA) is 11.3 Å². The Hall–Kier alpha value is -0.0300. The molecule has 0 radical (unpaired) electrons. The molecule has 1 nitrogen and oxygen atoms in total. The largest absolute Gasteiger partial charge is 1.00 e. The summed E-state index contributed by atoms with van der Waals surface area (Å²) in [4.78, 5) is 1.16. The first-order valence-corrected chi connectivity index (χ1v) is 4.61. The summed E-state index contributed by atoms with van der Waals surface area (Å²) in [6, 6.07) is 9.98. The van der Waals surface area contributed by atoms with E-state index in [1.54, 1.807) is 18.9 Å². The van der Waals surface area contributed by atoms with Gasteiger partial charge in [0.2, 0.25) is 0 Å². The lowest BCUT2D eigenvalue weighted by Gasteiger charge is -1.80. The molecule has 0 amide bonds. The summed E-state index contributed by atoms with van der Waals surface area (Å²) in [6.45, 7) is 0. The summed E-state index contributed by atoms with van der Waals surface area (Å²) in [5, 5.41) is 0. The van der Waals surface area contributed by atoms with Gasteiger partial charge in [0.05, 0.1) is 0 Å². The molecular formula is C9H11IOS. The van der Waals surface area contributed by atoms with Crippen molar-refractivity contribution in [3.05, 3.63) is 40.2 Å². The molecule has 0 aliphatic carbocycles. The van der Waals surface area contributed by atoms with Crippen LogP contribution in [0, 0.1) is 0 Å². The summed E-state index contributed by atoms with van der Waals surface area (Å²) >= 11 is 1.69. The Balaban J connectivity index is 0.00000121. The van der Waals surface area contributed by atoms with Crippen LogP contribution in [0.5, 0.6) is 0 Å². The van der Waals surface area contributed by atoms with Crippen molar-refractivity contribution >= 4 is 11.8 Å².